The van der Waals surface area contributed by atoms with Crippen molar-refractivity contribution in [1.82, 2.24) is 0 Å². The third-order valence-electron chi connectivity index (χ3n) is 1.51. The Kier molecular flexibility index (Phi) is 3.18. The van der Waals surface area contributed by atoms with E-state index in [1.165, 1.54) is 0 Å². The van der Waals surface area contributed by atoms with Gasteiger partial charge in [0.1, 0.15) is 6.17 Å². The highest BCUT2D eigenvalue weighted by atomic mass is 127. The molecule has 1 aliphatic rings. The molecule has 0 spiro atoms. The summed E-state index contributed by atoms with van der Waals surface area (Å²) in [6.45, 7) is 0.744. The fraction of sp³-hybridized carbons (Fsp3) is 1.00. The van der Waals surface area contributed by atoms with E-state index in [4.69, 9.17) is 4.74 Å². The lowest BCUT2D eigenvalue weighted by molar-refractivity contribution is -0.0237. The van der Waals surface area contributed by atoms with Crippen LogP contribution in [-0.4, -0.2) is 23.3 Å². The van der Waals surface area contributed by atoms with Gasteiger partial charge in [0.25, 0.3) is 0 Å². The Bertz CT molecular complexity index is 89.1. The molecule has 0 aromatic heterocycles. The van der Waals surface area contributed by atoms with E-state index in [9.17, 15) is 4.39 Å². The molecule has 2 unspecified atom stereocenters. The van der Waals surface area contributed by atoms with E-state index in [0.717, 1.165) is 17.5 Å². The number of rotatable bonds is 1. The van der Waals surface area contributed by atoms with Crippen molar-refractivity contribution in [1.29, 1.82) is 0 Å². The highest BCUT2D eigenvalue weighted by molar-refractivity contribution is 14.1. The van der Waals surface area contributed by atoms with Crippen LogP contribution in [0.2, 0.25) is 0 Å². The van der Waals surface area contributed by atoms with Gasteiger partial charge in [-0.3, -0.25) is 0 Å². The Morgan fingerprint density at radius 3 is 2.89 bits per heavy atom. The minimum Gasteiger partial charge on any atom is -0.374 e. The summed E-state index contributed by atoms with van der Waals surface area (Å²) >= 11 is 2.16. The molecule has 1 fully saturated rings. The lowest BCUT2D eigenvalue weighted by atomic mass is 10.1. The second-order valence-electron chi connectivity index (χ2n) is 2.22. The fourth-order valence-corrected chi connectivity index (χ4v) is 1.75. The standard InChI is InChI=1S/C6H10FIO/c7-5-2-1-3-9-6(5)4-8/h5-6H,1-4H2. The second kappa shape index (κ2) is 3.71. The molecule has 0 aromatic carbocycles. The zero-order chi connectivity index (χ0) is 6.69. The van der Waals surface area contributed by atoms with Crippen molar-refractivity contribution in [2.24, 2.45) is 0 Å². The molecule has 0 saturated carbocycles. The fourth-order valence-electron chi connectivity index (χ4n) is 0.945. The third kappa shape index (κ3) is 2.04. The highest BCUT2D eigenvalue weighted by Crippen LogP contribution is 2.18. The van der Waals surface area contributed by atoms with Crippen LogP contribution >= 0.6 is 22.6 Å². The number of hydrogen-bond acceptors (Lipinski definition) is 1. The lowest BCUT2D eigenvalue weighted by Gasteiger charge is -2.24. The molecule has 1 saturated heterocycles. The molecule has 1 aliphatic heterocycles. The van der Waals surface area contributed by atoms with Gasteiger partial charge < -0.3 is 4.74 Å². The van der Waals surface area contributed by atoms with E-state index in [1.54, 1.807) is 0 Å². The maximum Gasteiger partial charge on any atom is 0.127 e. The van der Waals surface area contributed by atoms with Crippen LogP contribution in [0.15, 0.2) is 0 Å². The molecule has 1 rings (SSSR count). The molecule has 9 heavy (non-hydrogen) atoms. The molecular weight excluding hydrogens is 234 g/mol. The van der Waals surface area contributed by atoms with Crippen LogP contribution in [0.3, 0.4) is 0 Å². The number of ether oxygens (including phenoxy) is 1. The Balaban J connectivity index is 2.30. The van der Waals surface area contributed by atoms with Crippen LogP contribution in [0.4, 0.5) is 4.39 Å². The number of hydrogen-bond donors (Lipinski definition) is 0. The summed E-state index contributed by atoms with van der Waals surface area (Å²) in [4.78, 5) is 0. The van der Waals surface area contributed by atoms with E-state index in [1.807, 2.05) is 0 Å². The topological polar surface area (TPSA) is 9.23 Å². The first kappa shape index (κ1) is 7.72. The zero-order valence-corrected chi connectivity index (χ0v) is 7.30. The largest absolute Gasteiger partial charge is 0.374 e. The summed E-state index contributed by atoms with van der Waals surface area (Å²) < 4.78 is 18.7. The van der Waals surface area contributed by atoms with E-state index in [-0.39, 0.29) is 6.10 Å². The summed E-state index contributed by atoms with van der Waals surface area (Å²) in [5.74, 6) is 0. The second-order valence-corrected chi connectivity index (χ2v) is 3.10. The molecule has 0 bridgehead atoms. The summed E-state index contributed by atoms with van der Waals surface area (Å²) in [7, 11) is 0. The maximum atomic E-state index is 12.7. The average molecular weight is 244 g/mol. The van der Waals surface area contributed by atoms with Crippen molar-refractivity contribution in [3.63, 3.8) is 0 Å². The van der Waals surface area contributed by atoms with Crippen LogP contribution < -0.4 is 0 Å². The van der Waals surface area contributed by atoms with Crippen LogP contribution in [0.5, 0.6) is 0 Å². The van der Waals surface area contributed by atoms with Crippen LogP contribution in [0.25, 0.3) is 0 Å². The molecule has 1 nitrogen and oxygen atoms in total. The van der Waals surface area contributed by atoms with E-state index >= 15 is 0 Å². The molecule has 0 radical (unpaired) electrons. The van der Waals surface area contributed by atoms with Crippen molar-refractivity contribution in [3.05, 3.63) is 0 Å². The van der Waals surface area contributed by atoms with Gasteiger partial charge in [0.15, 0.2) is 0 Å². The van der Waals surface area contributed by atoms with Crippen molar-refractivity contribution in [2.45, 2.75) is 25.1 Å². The summed E-state index contributed by atoms with van der Waals surface area (Å²) in [6.07, 6.45) is 0.733. The molecule has 0 aliphatic carbocycles. The SMILES string of the molecule is FC1CCCOC1CI. The normalized spacial score (nSPS) is 36.7. The average Bonchev–Trinajstić information content (AvgIpc) is 1.89. The van der Waals surface area contributed by atoms with Crippen LogP contribution in [0, 0.1) is 0 Å². The Morgan fingerprint density at radius 2 is 2.44 bits per heavy atom. The van der Waals surface area contributed by atoms with Gasteiger partial charge in [0, 0.05) is 11.0 Å². The molecule has 2 atom stereocenters. The van der Waals surface area contributed by atoms with Gasteiger partial charge in [-0.15, -0.1) is 0 Å². The first-order valence-corrected chi connectivity index (χ1v) is 4.69. The van der Waals surface area contributed by atoms with Gasteiger partial charge in [-0.1, -0.05) is 22.6 Å². The van der Waals surface area contributed by atoms with Crippen molar-refractivity contribution in [3.8, 4) is 0 Å². The minimum atomic E-state index is -0.712. The Hall–Kier alpha value is 0.620. The molecule has 0 amide bonds. The van der Waals surface area contributed by atoms with Crippen molar-refractivity contribution >= 4 is 22.6 Å². The van der Waals surface area contributed by atoms with Gasteiger partial charge in [0.05, 0.1) is 6.10 Å². The third-order valence-corrected chi connectivity index (χ3v) is 2.38. The smallest absolute Gasteiger partial charge is 0.127 e. The predicted octanol–water partition coefficient (Wildman–Crippen LogP) is 1.94. The zero-order valence-electron chi connectivity index (χ0n) is 5.15. The highest BCUT2D eigenvalue weighted by Gasteiger charge is 2.23. The van der Waals surface area contributed by atoms with Crippen molar-refractivity contribution < 1.29 is 9.13 Å². The van der Waals surface area contributed by atoms with Gasteiger partial charge in [-0.25, -0.2) is 4.39 Å². The van der Waals surface area contributed by atoms with Gasteiger partial charge in [-0.05, 0) is 12.8 Å². The van der Waals surface area contributed by atoms with Crippen molar-refractivity contribution in [2.75, 3.05) is 11.0 Å². The van der Waals surface area contributed by atoms with Crippen LogP contribution in [-0.2, 0) is 4.74 Å². The molecule has 3 heteroatoms. The quantitative estimate of drug-likeness (QED) is 0.506. The molecule has 1 heterocycles. The molecule has 0 N–H and O–H groups in total. The predicted molar refractivity (Wildman–Crippen MR) is 42.8 cm³/mol. The molecule has 54 valence electrons. The summed E-state index contributed by atoms with van der Waals surface area (Å²) in [5.41, 5.74) is 0. The summed E-state index contributed by atoms with van der Waals surface area (Å²) in [6, 6.07) is 0. The minimum absolute atomic E-state index is 0.126. The lowest BCUT2D eigenvalue weighted by Crippen LogP contribution is -2.31. The first-order chi connectivity index (χ1) is 4.34. The monoisotopic (exact) mass is 244 g/mol. The molecule has 0 aromatic rings. The number of alkyl halides is 2. The van der Waals surface area contributed by atoms with Gasteiger partial charge in [0.2, 0.25) is 0 Å². The maximum absolute atomic E-state index is 12.7. The Morgan fingerprint density at radius 1 is 1.67 bits per heavy atom. The van der Waals surface area contributed by atoms with Crippen LogP contribution in [0.1, 0.15) is 12.8 Å². The van der Waals surface area contributed by atoms with E-state index in [2.05, 4.69) is 22.6 Å². The van der Waals surface area contributed by atoms with E-state index < -0.39 is 6.17 Å². The van der Waals surface area contributed by atoms with Gasteiger partial charge >= 0.3 is 0 Å². The van der Waals surface area contributed by atoms with Gasteiger partial charge in [-0.2, -0.15) is 0 Å². The first-order valence-electron chi connectivity index (χ1n) is 3.16. The molecular formula is C6H10FIO. The summed E-state index contributed by atoms with van der Waals surface area (Å²) in [5, 5.41) is 0. The van der Waals surface area contributed by atoms with E-state index in [0.29, 0.717) is 6.42 Å². The number of halogens is 2. The Labute approximate surface area is 68.1 Å².